The molecule has 0 aliphatic heterocycles. The highest BCUT2D eigenvalue weighted by Crippen LogP contribution is 2.12. The zero-order valence-electron chi connectivity index (χ0n) is 14.7. The van der Waals surface area contributed by atoms with Gasteiger partial charge >= 0.3 is 18.0 Å². The van der Waals surface area contributed by atoms with Crippen LogP contribution in [0.15, 0.2) is 0 Å². The summed E-state index contributed by atoms with van der Waals surface area (Å²) in [7, 11) is 0. The van der Waals surface area contributed by atoms with Crippen molar-refractivity contribution < 1.29 is 38.9 Å². The topological polar surface area (TPSA) is 156 Å². The molecule has 0 aromatic carbocycles. The summed E-state index contributed by atoms with van der Waals surface area (Å²) in [6, 6.07) is -1.01. The Hall–Kier alpha value is -2.20. The average molecular weight is 362 g/mol. The molecule has 2 amide bonds. The van der Waals surface area contributed by atoms with E-state index in [0.717, 1.165) is 4.90 Å². The number of carbonyl (C=O) groups excluding carboxylic acids is 2. The van der Waals surface area contributed by atoms with E-state index in [9.17, 15) is 19.2 Å². The van der Waals surface area contributed by atoms with Gasteiger partial charge in [-0.15, -0.1) is 0 Å². The third-order valence-electron chi connectivity index (χ3n) is 2.83. The Labute approximate surface area is 145 Å². The first-order valence-electron chi connectivity index (χ1n) is 7.75. The van der Waals surface area contributed by atoms with Crippen molar-refractivity contribution in [3.63, 3.8) is 0 Å². The van der Waals surface area contributed by atoms with Crippen LogP contribution in [0, 0.1) is 0 Å². The number of carboxylic acid groups (broad SMARTS) is 2. The first-order valence-corrected chi connectivity index (χ1v) is 7.75. The minimum absolute atomic E-state index is 0.0173. The highest BCUT2D eigenvalue weighted by Gasteiger charge is 2.27. The lowest BCUT2D eigenvalue weighted by atomic mass is 10.1. The lowest BCUT2D eigenvalue weighted by molar-refractivity contribution is -0.145. The number of hydrogen-bond donors (Lipinski definition) is 3. The second kappa shape index (κ2) is 10.6. The second-order valence-corrected chi connectivity index (χ2v) is 6.35. The summed E-state index contributed by atoms with van der Waals surface area (Å²) < 4.78 is 9.84. The molecule has 0 aromatic heterocycles. The summed E-state index contributed by atoms with van der Waals surface area (Å²) in [5.41, 5.74) is 4.57. The summed E-state index contributed by atoms with van der Waals surface area (Å²) >= 11 is 0. The maximum atomic E-state index is 12.1. The molecular formula is C15H26N2O8. The van der Waals surface area contributed by atoms with Gasteiger partial charge in [0.2, 0.25) is 0 Å². The maximum absolute atomic E-state index is 12.1. The second-order valence-electron chi connectivity index (χ2n) is 6.35. The van der Waals surface area contributed by atoms with Gasteiger partial charge in [0.25, 0.3) is 5.91 Å². The molecule has 0 radical (unpaired) electrons. The third-order valence-corrected chi connectivity index (χ3v) is 2.83. The average Bonchev–Trinajstić information content (AvgIpc) is 2.44. The van der Waals surface area contributed by atoms with Crippen LogP contribution in [0.25, 0.3) is 0 Å². The van der Waals surface area contributed by atoms with Crippen LogP contribution < -0.4 is 5.73 Å². The summed E-state index contributed by atoms with van der Waals surface area (Å²) in [5.74, 6) is -3.10. The molecule has 0 fully saturated rings. The van der Waals surface area contributed by atoms with Crippen molar-refractivity contribution in [2.75, 3.05) is 19.8 Å². The molecule has 10 nitrogen and oxygen atoms in total. The van der Waals surface area contributed by atoms with E-state index in [4.69, 9.17) is 25.4 Å². The molecule has 0 aliphatic carbocycles. The molecule has 0 saturated heterocycles. The van der Waals surface area contributed by atoms with Gasteiger partial charge in [-0.2, -0.15) is 0 Å². The summed E-state index contributed by atoms with van der Waals surface area (Å²) in [4.78, 5) is 46.1. The molecule has 4 N–H and O–H groups in total. The van der Waals surface area contributed by atoms with Gasteiger partial charge in [-0.3, -0.25) is 9.59 Å². The lowest BCUT2D eigenvalue weighted by Gasteiger charge is -2.26. The maximum Gasteiger partial charge on any atom is 0.417 e. The van der Waals surface area contributed by atoms with E-state index >= 15 is 0 Å². The van der Waals surface area contributed by atoms with Gasteiger partial charge in [-0.25, -0.2) is 14.5 Å². The fraction of sp³-hybridized carbons (Fsp3) is 0.733. The number of ether oxygens (including phenoxy) is 2. The van der Waals surface area contributed by atoms with Crippen LogP contribution in [0.4, 0.5) is 4.79 Å². The van der Waals surface area contributed by atoms with Crippen molar-refractivity contribution in [3.8, 4) is 0 Å². The van der Waals surface area contributed by atoms with Gasteiger partial charge in [-0.05, 0) is 40.0 Å². The predicted molar refractivity (Wildman–Crippen MR) is 85.9 cm³/mol. The normalized spacial score (nSPS) is 12.3. The van der Waals surface area contributed by atoms with Crippen molar-refractivity contribution in [1.29, 1.82) is 0 Å². The van der Waals surface area contributed by atoms with Crippen LogP contribution in [0.2, 0.25) is 0 Å². The van der Waals surface area contributed by atoms with Crippen molar-refractivity contribution in [2.24, 2.45) is 5.73 Å². The molecule has 1 atom stereocenters. The van der Waals surface area contributed by atoms with Crippen LogP contribution in [-0.2, 0) is 23.9 Å². The molecule has 10 heteroatoms. The molecule has 0 aliphatic rings. The van der Waals surface area contributed by atoms with Gasteiger partial charge in [0.1, 0.15) is 24.9 Å². The van der Waals surface area contributed by atoms with Crippen LogP contribution >= 0.6 is 0 Å². The fourth-order valence-corrected chi connectivity index (χ4v) is 1.70. The van der Waals surface area contributed by atoms with Gasteiger partial charge < -0.3 is 25.4 Å². The van der Waals surface area contributed by atoms with E-state index in [2.05, 4.69) is 0 Å². The van der Waals surface area contributed by atoms with Gasteiger partial charge in [0, 0.05) is 6.54 Å². The molecule has 1 unspecified atom stereocenters. The Kier molecular flexibility index (Phi) is 9.69. The van der Waals surface area contributed by atoms with E-state index in [-0.39, 0.29) is 13.0 Å². The highest BCUT2D eigenvalue weighted by atomic mass is 16.6. The number of nitrogens with two attached hydrogens (primary N) is 1. The Morgan fingerprint density at radius 2 is 1.68 bits per heavy atom. The molecule has 0 aromatic rings. The van der Waals surface area contributed by atoms with E-state index in [1.165, 1.54) is 0 Å². The number of rotatable bonds is 10. The Morgan fingerprint density at radius 3 is 2.16 bits per heavy atom. The zero-order valence-corrected chi connectivity index (χ0v) is 14.7. The number of unbranched alkanes of at least 4 members (excludes halogenated alkanes) is 1. The molecule has 0 bridgehead atoms. The highest BCUT2D eigenvalue weighted by molar-refractivity contribution is 5.92. The quantitative estimate of drug-likeness (QED) is 0.469. The SMILES string of the molecule is CC(C)(C)OC(=O)N(CCCCC(N)C(=O)O)C(=O)COCC(=O)O. The van der Waals surface area contributed by atoms with Gasteiger partial charge in [-0.1, -0.05) is 0 Å². The molecule has 0 heterocycles. The van der Waals surface area contributed by atoms with E-state index < -0.39 is 48.8 Å². The Balaban J connectivity index is 4.66. The lowest BCUT2D eigenvalue weighted by Crippen LogP contribution is -2.43. The zero-order chi connectivity index (χ0) is 19.6. The first kappa shape index (κ1) is 22.8. The number of hydrogen-bond acceptors (Lipinski definition) is 7. The monoisotopic (exact) mass is 362 g/mol. The van der Waals surface area contributed by atoms with Crippen LogP contribution in [0.3, 0.4) is 0 Å². The van der Waals surface area contributed by atoms with Gasteiger partial charge in [0.05, 0.1) is 0 Å². The van der Waals surface area contributed by atoms with Crippen molar-refractivity contribution in [2.45, 2.75) is 51.7 Å². The number of aliphatic carboxylic acids is 2. The summed E-state index contributed by atoms with van der Waals surface area (Å²) in [5, 5.41) is 17.2. The number of amides is 2. The number of nitrogens with zero attached hydrogens (tertiary/aromatic N) is 1. The molecule has 0 saturated carbocycles. The Morgan fingerprint density at radius 1 is 1.08 bits per heavy atom. The number of carboxylic acids is 2. The summed E-state index contributed by atoms with van der Waals surface area (Å²) in [6.07, 6.45) is 0.0289. The van der Waals surface area contributed by atoms with E-state index in [1.807, 2.05) is 0 Å². The molecule has 144 valence electrons. The molecule has 0 spiro atoms. The largest absolute Gasteiger partial charge is 0.480 e. The van der Waals surface area contributed by atoms with Crippen LogP contribution in [0.1, 0.15) is 40.0 Å². The smallest absolute Gasteiger partial charge is 0.417 e. The molecular weight excluding hydrogens is 336 g/mol. The minimum Gasteiger partial charge on any atom is -0.480 e. The van der Waals surface area contributed by atoms with Crippen LogP contribution in [0.5, 0.6) is 0 Å². The van der Waals surface area contributed by atoms with E-state index in [0.29, 0.717) is 12.8 Å². The molecule has 25 heavy (non-hydrogen) atoms. The Bertz CT molecular complexity index is 486. The van der Waals surface area contributed by atoms with Crippen LogP contribution in [-0.4, -0.2) is 70.5 Å². The van der Waals surface area contributed by atoms with E-state index in [1.54, 1.807) is 20.8 Å². The summed E-state index contributed by atoms with van der Waals surface area (Å²) in [6.45, 7) is 3.65. The molecule has 0 rings (SSSR count). The number of carbonyl (C=O) groups is 4. The van der Waals surface area contributed by atoms with Crippen molar-refractivity contribution in [3.05, 3.63) is 0 Å². The van der Waals surface area contributed by atoms with Crippen molar-refractivity contribution in [1.82, 2.24) is 4.90 Å². The fourth-order valence-electron chi connectivity index (χ4n) is 1.70. The van der Waals surface area contributed by atoms with Crippen molar-refractivity contribution >= 4 is 23.9 Å². The predicted octanol–water partition coefficient (Wildman–Crippen LogP) is 0.434. The minimum atomic E-state index is -1.24. The van der Waals surface area contributed by atoms with Gasteiger partial charge in [0.15, 0.2) is 0 Å². The standard InChI is InChI=1S/C15H26N2O8/c1-15(2,3)25-14(23)17(11(18)8-24-9-12(19)20)7-5-4-6-10(16)13(21)22/h10H,4-9,16H2,1-3H3,(H,19,20)(H,21,22). The first-order chi connectivity index (χ1) is 11.4. The number of imide groups is 1. The third kappa shape index (κ3) is 11.1.